The van der Waals surface area contributed by atoms with Gasteiger partial charge < -0.3 is 24.2 Å². The van der Waals surface area contributed by atoms with E-state index in [4.69, 9.17) is 14.2 Å². The highest BCUT2D eigenvalue weighted by Crippen LogP contribution is 2.41. The molecular weight excluding hydrogens is 422 g/mol. The van der Waals surface area contributed by atoms with E-state index in [2.05, 4.69) is 0 Å². The highest BCUT2D eigenvalue weighted by molar-refractivity contribution is 6.46. The molecule has 1 aliphatic rings. The van der Waals surface area contributed by atoms with E-state index in [-0.39, 0.29) is 30.4 Å². The zero-order valence-corrected chi connectivity index (χ0v) is 19.8. The van der Waals surface area contributed by atoms with Crippen LogP contribution in [0.15, 0.2) is 48.0 Å². The third-order valence-electron chi connectivity index (χ3n) is 5.69. The van der Waals surface area contributed by atoms with E-state index in [1.54, 1.807) is 37.4 Å². The summed E-state index contributed by atoms with van der Waals surface area (Å²) in [5.41, 5.74) is 2.08. The fourth-order valence-corrected chi connectivity index (χ4v) is 4.05. The number of likely N-dealkylation sites (tertiary alicyclic amines) is 1. The SMILES string of the molecule is CCOc1ccc(/C(O)=C2/C(=O)C(=O)N(CCOC)C2c2cccc(OC)c2)cc1C(C)C. The number of nitrogens with zero attached hydrogens (tertiary/aromatic N) is 1. The number of rotatable bonds is 9. The minimum absolute atomic E-state index is 0.0447. The summed E-state index contributed by atoms with van der Waals surface area (Å²) < 4.78 is 16.2. The summed E-state index contributed by atoms with van der Waals surface area (Å²) in [5, 5.41) is 11.3. The molecule has 1 atom stereocenters. The molecule has 1 aliphatic heterocycles. The Hall–Kier alpha value is -3.32. The number of ether oxygens (including phenoxy) is 3. The van der Waals surface area contributed by atoms with Crippen molar-refractivity contribution in [1.82, 2.24) is 4.90 Å². The van der Waals surface area contributed by atoms with Gasteiger partial charge in [-0.25, -0.2) is 0 Å². The first kappa shape index (κ1) is 24.3. The standard InChI is InChI=1S/C26H31NO6/c1-6-33-21-11-10-18(15-20(21)16(2)3)24(28)22-23(17-8-7-9-19(14-17)32-5)27(12-13-31-4)26(30)25(22)29/h7-11,14-16,23,28H,6,12-13H2,1-5H3/b24-22-. The predicted molar refractivity (Wildman–Crippen MR) is 126 cm³/mol. The van der Waals surface area contributed by atoms with Gasteiger partial charge in [0.05, 0.1) is 31.9 Å². The van der Waals surface area contributed by atoms with Crippen molar-refractivity contribution in [3.8, 4) is 11.5 Å². The number of amides is 1. The van der Waals surface area contributed by atoms with Gasteiger partial charge in [-0.1, -0.05) is 26.0 Å². The minimum Gasteiger partial charge on any atom is -0.507 e. The molecule has 1 unspecified atom stereocenters. The number of benzene rings is 2. The lowest BCUT2D eigenvalue weighted by atomic mass is 9.93. The Kier molecular flexibility index (Phi) is 7.76. The third-order valence-corrected chi connectivity index (χ3v) is 5.69. The third kappa shape index (κ3) is 4.88. The van der Waals surface area contributed by atoms with Crippen LogP contribution in [0.2, 0.25) is 0 Å². The lowest BCUT2D eigenvalue weighted by molar-refractivity contribution is -0.140. The quantitative estimate of drug-likeness (QED) is 0.346. The van der Waals surface area contributed by atoms with Crippen molar-refractivity contribution in [1.29, 1.82) is 0 Å². The second-order valence-electron chi connectivity index (χ2n) is 8.10. The van der Waals surface area contributed by atoms with Crippen LogP contribution in [-0.2, 0) is 14.3 Å². The molecule has 1 amide bonds. The number of carbonyl (C=O) groups is 2. The molecule has 2 aromatic rings. The summed E-state index contributed by atoms with van der Waals surface area (Å²) in [6, 6.07) is 11.7. The summed E-state index contributed by atoms with van der Waals surface area (Å²) in [6.07, 6.45) is 0. The molecule has 176 valence electrons. The number of methoxy groups -OCH3 is 2. The molecule has 7 nitrogen and oxygen atoms in total. The van der Waals surface area contributed by atoms with Gasteiger partial charge in [0.2, 0.25) is 0 Å². The molecule has 0 aliphatic carbocycles. The monoisotopic (exact) mass is 453 g/mol. The Morgan fingerprint density at radius 3 is 2.52 bits per heavy atom. The van der Waals surface area contributed by atoms with Gasteiger partial charge in [0.15, 0.2) is 0 Å². The normalized spacial score (nSPS) is 17.6. The van der Waals surface area contributed by atoms with E-state index in [1.807, 2.05) is 32.9 Å². The number of aliphatic hydroxyl groups is 1. The van der Waals surface area contributed by atoms with Gasteiger partial charge in [-0.05, 0) is 54.3 Å². The summed E-state index contributed by atoms with van der Waals surface area (Å²) in [7, 11) is 3.08. The van der Waals surface area contributed by atoms with Crippen LogP contribution in [0.1, 0.15) is 49.4 Å². The van der Waals surface area contributed by atoms with Gasteiger partial charge in [-0.2, -0.15) is 0 Å². The van der Waals surface area contributed by atoms with Crippen molar-refractivity contribution in [3.63, 3.8) is 0 Å². The van der Waals surface area contributed by atoms with E-state index in [0.717, 1.165) is 11.3 Å². The Bertz CT molecular complexity index is 1060. The van der Waals surface area contributed by atoms with Crippen LogP contribution in [0.25, 0.3) is 5.76 Å². The summed E-state index contributed by atoms with van der Waals surface area (Å²) >= 11 is 0. The van der Waals surface area contributed by atoms with Gasteiger partial charge in [-0.3, -0.25) is 9.59 Å². The first-order chi connectivity index (χ1) is 15.8. The van der Waals surface area contributed by atoms with Gasteiger partial charge in [0, 0.05) is 19.2 Å². The van der Waals surface area contributed by atoms with Gasteiger partial charge >= 0.3 is 0 Å². The lowest BCUT2D eigenvalue weighted by Gasteiger charge is -2.25. The smallest absolute Gasteiger partial charge is 0.295 e. The maximum absolute atomic E-state index is 13.1. The number of aliphatic hydroxyl groups excluding tert-OH is 1. The first-order valence-electron chi connectivity index (χ1n) is 11.0. The van der Waals surface area contributed by atoms with Crippen molar-refractivity contribution in [2.24, 2.45) is 0 Å². The van der Waals surface area contributed by atoms with Crippen molar-refractivity contribution in [2.75, 3.05) is 34.0 Å². The van der Waals surface area contributed by atoms with Crippen LogP contribution >= 0.6 is 0 Å². The van der Waals surface area contributed by atoms with Crippen LogP contribution in [0.4, 0.5) is 0 Å². The molecule has 0 aromatic heterocycles. The number of ketones is 1. The summed E-state index contributed by atoms with van der Waals surface area (Å²) in [4.78, 5) is 27.5. The molecular formula is C26H31NO6. The molecule has 0 saturated carbocycles. The number of hydrogen-bond acceptors (Lipinski definition) is 6. The Morgan fingerprint density at radius 2 is 1.88 bits per heavy atom. The van der Waals surface area contributed by atoms with Crippen molar-refractivity contribution < 1.29 is 28.9 Å². The van der Waals surface area contributed by atoms with E-state index in [0.29, 0.717) is 23.5 Å². The summed E-state index contributed by atoms with van der Waals surface area (Å²) in [5.74, 6) is -0.154. The molecule has 7 heteroatoms. The van der Waals surface area contributed by atoms with Gasteiger partial charge in [0.1, 0.15) is 17.3 Å². The molecule has 0 spiro atoms. The molecule has 1 fully saturated rings. The number of Topliss-reactive ketones (excluding diaryl/α,β-unsaturated/α-hetero) is 1. The molecule has 2 aromatic carbocycles. The number of carbonyl (C=O) groups excluding carboxylic acids is 2. The van der Waals surface area contributed by atoms with E-state index >= 15 is 0 Å². The van der Waals surface area contributed by atoms with Crippen LogP contribution in [-0.4, -0.2) is 55.7 Å². The molecule has 1 heterocycles. The van der Waals surface area contributed by atoms with Crippen LogP contribution < -0.4 is 9.47 Å². The molecule has 3 rings (SSSR count). The average Bonchev–Trinajstić information content (AvgIpc) is 3.07. The van der Waals surface area contributed by atoms with Crippen LogP contribution in [0, 0.1) is 0 Å². The molecule has 33 heavy (non-hydrogen) atoms. The van der Waals surface area contributed by atoms with E-state index in [9.17, 15) is 14.7 Å². The highest BCUT2D eigenvalue weighted by Gasteiger charge is 2.46. The fraction of sp³-hybridized carbons (Fsp3) is 0.385. The molecule has 0 bridgehead atoms. The highest BCUT2D eigenvalue weighted by atomic mass is 16.5. The Balaban J connectivity index is 2.18. The zero-order valence-electron chi connectivity index (χ0n) is 19.8. The van der Waals surface area contributed by atoms with Crippen molar-refractivity contribution >= 4 is 17.4 Å². The topological polar surface area (TPSA) is 85.3 Å². The predicted octanol–water partition coefficient (Wildman–Crippen LogP) is 4.29. The first-order valence-corrected chi connectivity index (χ1v) is 11.0. The maximum atomic E-state index is 13.1. The largest absolute Gasteiger partial charge is 0.507 e. The lowest BCUT2D eigenvalue weighted by Crippen LogP contribution is -2.32. The zero-order chi connectivity index (χ0) is 24.1. The van der Waals surface area contributed by atoms with E-state index in [1.165, 1.54) is 12.0 Å². The van der Waals surface area contributed by atoms with Crippen molar-refractivity contribution in [2.45, 2.75) is 32.7 Å². The second kappa shape index (κ2) is 10.5. The maximum Gasteiger partial charge on any atom is 0.295 e. The minimum atomic E-state index is -0.760. The number of hydrogen-bond donors (Lipinski definition) is 1. The Morgan fingerprint density at radius 1 is 1.12 bits per heavy atom. The van der Waals surface area contributed by atoms with Gasteiger partial charge in [-0.15, -0.1) is 0 Å². The molecule has 1 N–H and O–H groups in total. The van der Waals surface area contributed by atoms with Crippen LogP contribution in [0.5, 0.6) is 11.5 Å². The van der Waals surface area contributed by atoms with E-state index < -0.39 is 17.7 Å². The molecule has 0 radical (unpaired) electrons. The molecule has 1 saturated heterocycles. The average molecular weight is 454 g/mol. The summed E-state index contributed by atoms with van der Waals surface area (Å²) in [6.45, 7) is 6.96. The Labute approximate surface area is 194 Å². The van der Waals surface area contributed by atoms with Crippen LogP contribution in [0.3, 0.4) is 0 Å². The van der Waals surface area contributed by atoms with Crippen molar-refractivity contribution in [3.05, 3.63) is 64.7 Å². The van der Waals surface area contributed by atoms with Gasteiger partial charge in [0.25, 0.3) is 11.7 Å². The second-order valence-corrected chi connectivity index (χ2v) is 8.10. The fourth-order valence-electron chi connectivity index (χ4n) is 4.05.